The second-order valence-electron chi connectivity index (χ2n) is 26.3. The van der Waals surface area contributed by atoms with Crippen molar-refractivity contribution in [2.75, 3.05) is 0 Å². The van der Waals surface area contributed by atoms with Crippen molar-refractivity contribution >= 4 is 61.0 Å². The van der Waals surface area contributed by atoms with Crippen molar-refractivity contribution in [1.29, 1.82) is 0 Å². The van der Waals surface area contributed by atoms with Gasteiger partial charge in [-0.1, -0.05) is 173 Å². The molecule has 0 bridgehead atoms. The highest BCUT2D eigenvalue weighted by molar-refractivity contribution is 7.16. The summed E-state index contributed by atoms with van der Waals surface area (Å²) in [6.45, 7) is 40.7. The highest BCUT2D eigenvalue weighted by atomic mass is 32.1. The zero-order valence-electron chi connectivity index (χ0n) is 49.6. The van der Waals surface area contributed by atoms with Crippen LogP contribution in [0.2, 0.25) is 0 Å². The van der Waals surface area contributed by atoms with Gasteiger partial charge in [-0.3, -0.25) is 10.1 Å². The first-order chi connectivity index (χ1) is 36.4. The van der Waals surface area contributed by atoms with Gasteiger partial charge in [-0.2, -0.15) is 10.2 Å². The number of H-pyrrole nitrogens is 2. The molecule has 2 N–H and O–H groups in total. The second kappa shape index (κ2) is 23.3. The number of hydrogen-bond acceptors (Lipinski definition) is 8. The van der Waals surface area contributed by atoms with Crippen LogP contribution in [0.15, 0.2) is 151 Å². The van der Waals surface area contributed by atoms with Crippen LogP contribution in [0.25, 0.3) is 43.4 Å². The minimum Gasteiger partial charge on any atom is -0.345 e. The fraction of sp³-hybridized carbons (Fsp3) is 0.379. The Morgan fingerprint density at radius 3 is 1.71 bits per heavy atom. The molecule has 1 aliphatic rings. The molecule has 12 rings (SSSR count). The van der Waals surface area contributed by atoms with Crippen LogP contribution in [0, 0.1) is 0 Å². The minimum absolute atomic E-state index is 0.167. The molecule has 11 aromatic rings. The van der Waals surface area contributed by atoms with Crippen LogP contribution in [0.1, 0.15) is 169 Å². The van der Waals surface area contributed by atoms with E-state index in [0.29, 0.717) is 0 Å². The molecule has 0 radical (unpaired) electrons. The molecule has 12 heteroatoms. The summed E-state index contributed by atoms with van der Waals surface area (Å²) in [5, 5.41) is 12.3. The summed E-state index contributed by atoms with van der Waals surface area (Å²) < 4.78 is 5.15. The number of imidazole rings is 2. The van der Waals surface area contributed by atoms with Crippen molar-refractivity contribution in [3.05, 3.63) is 191 Å². The van der Waals surface area contributed by atoms with E-state index in [4.69, 9.17) is 0 Å². The molecule has 0 saturated heterocycles. The first-order valence-corrected chi connectivity index (χ1v) is 27.9. The van der Waals surface area contributed by atoms with Gasteiger partial charge in [0.1, 0.15) is 12.0 Å². The third kappa shape index (κ3) is 15.5. The molecule has 0 aliphatic carbocycles. The normalized spacial score (nSPS) is 12.6. The number of benzene rings is 4. The van der Waals surface area contributed by atoms with Gasteiger partial charge >= 0.3 is 0 Å². The average molecular weight is 1060 g/mol. The van der Waals surface area contributed by atoms with Crippen molar-refractivity contribution in [1.82, 2.24) is 49.1 Å². The zero-order chi connectivity index (χ0) is 56.8. The van der Waals surface area contributed by atoms with Crippen LogP contribution in [-0.4, -0.2) is 55.3 Å². The minimum atomic E-state index is 0.167. The SMILES string of the molecule is CC(C)(C)c1ccc2c(c1)C=NC2.CC(C)(C)c1ccc2cn[nH]c2c1.CC(C)(C)c1ccc2nc[nH]c2c1.CC(C)(C)c1ccc2nccn2c1.CC(C)(C)c1ccc2ncnn2c1.CC(C)(C)c1ccc2ncsc2c1. The standard InChI is InChI=1S/C12H15N.3C11H14N2.C11H13NS.C10H13N3/c1-12(2,3)11-5-4-9-7-13-8-10(9)6-11;1-11(2,3)9-5-4-8-7-12-13-10(8)6-9;1-11(2,3)8-4-5-9-10(6-8)13-7-12-9;1-11(2,3)9-4-5-10-12-6-7-13(10)8-9;1-11(2,3)8-4-5-9-10(6-8)13-7-12-9;1-10(2,3)8-4-5-9-11-7-12-13(9)6-8/h4-6,8H,7H2,1-3H3;2*4-7H,1-3H3,(H,12,13);4-8H,1-3H3;2*4-7H,1-3H3. The van der Waals surface area contributed by atoms with Gasteiger partial charge in [0.05, 0.1) is 51.3 Å². The Morgan fingerprint density at radius 1 is 0.500 bits per heavy atom. The lowest BCUT2D eigenvalue weighted by Crippen LogP contribution is -2.12. The number of rotatable bonds is 0. The van der Waals surface area contributed by atoms with E-state index in [1.165, 1.54) is 54.6 Å². The van der Waals surface area contributed by atoms with Gasteiger partial charge in [0.2, 0.25) is 0 Å². The summed E-state index contributed by atoms with van der Waals surface area (Å²) in [4.78, 5) is 24.1. The van der Waals surface area contributed by atoms with Crippen LogP contribution >= 0.6 is 11.3 Å². The molecule has 0 spiro atoms. The van der Waals surface area contributed by atoms with Gasteiger partial charge in [-0.15, -0.1) is 11.3 Å². The van der Waals surface area contributed by atoms with E-state index < -0.39 is 0 Å². The molecule has 7 aromatic heterocycles. The van der Waals surface area contributed by atoms with Gasteiger partial charge in [0.25, 0.3) is 0 Å². The van der Waals surface area contributed by atoms with E-state index >= 15 is 0 Å². The van der Waals surface area contributed by atoms with Crippen LogP contribution in [-0.2, 0) is 39.0 Å². The molecule has 8 heterocycles. The molecule has 0 amide bonds. The molecule has 0 saturated carbocycles. The van der Waals surface area contributed by atoms with E-state index in [0.717, 1.165) is 39.9 Å². The van der Waals surface area contributed by atoms with Crippen molar-refractivity contribution in [2.45, 2.75) is 164 Å². The van der Waals surface area contributed by atoms with Crippen molar-refractivity contribution in [3.63, 3.8) is 0 Å². The molecule has 1 aliphatic heterocycles. The van der Waals surface area contributed by atoms with Gasteiger partial charge in [0.15, 0.2) is 5.65 Å². The van der Waals surface area contributed by atoms with Crippen molar-refractivity contribution in [2.24, 2.45) is 4.99 Å². The fourth-order valence-electron chi connectivity index (χ4n) is 8.32. The highest BCUT2D eigenvalue weighted by Gasteiger charge is 2.19. The van der Waals surface area contributed by atoms with Crippen molar-refractivity contribution in [3.8, 4) is 0 Å². The van der Waals surface area contributed by atoms with E-state index in [2.05, 4.69) is 271 Å². The molecule has 11 nitrogen and oxygen atoms in total. The third-order valence-corrected chi connectivity index (χ3v) is 14.5. The summed E-state index contributed by atoms with van der Waals surface area (Å²) in [6, 6.07) is 34.3. The summed E-state index contributed by atoms with van der Waals surface area (Å²) in [5.74, 6) is 0. The van der Waals surface area contributed by atoms with Gasteiger partial charge in [0, 0.05) is 36.4 Å². The predicted octanol–water partition coefficient (Wildman–Crippen LogP) is 16.9. The highest BCUT2D eigenvalue weighted by Crippen LogP contribution is 2.30. The number of hydrogen-bond donors (Lipinski definition) is 2. The van der Waals surface area contributed by atoms with E-state index in [1.807, 2.05) is 42.6 Å². The third-order valence-electron chi connectivity index (χ3n) is 13.7. The zero-order valence-corrected chi connectivity index (χ0v) is 50.4. The number of nitrogens with zero attached hydrogens (tertiary/aromatic N) is 9. The monoisotopic (exact) mass is 1060 g/mol. The summed E-state index contributed by atoms with van der Waals surface area (Å²) in [5.41, 5.74) is 20.1. The lowest BCUT2D eigenvalue weighted by Gasteiger charge is -2.19. The Hall–Kier alpha value is -7.31. The lowest BCUT2D eigenvalue weighted by atomic mass is 9.85. The van der Waals surface area contributed by atoms with Gasteiger partial charge in [-0.25, -0.2) is 24.5 Å². The van der Waals surface area contributed by atoms with Gasteiger partial charge < -0.3 is 9.38 Å². The Labute approximate surface area is 467 Å². The smallest absolute Gasteiger partial charge is 0.155 e. The average Bonchev–Trinajstić information content (AvgIpc) is 4.23. The molecule has 0 atom stereocenters. The van der Waals surface area contributed by atoms with E-state index in [1.54, 1.807) is 28.5 Å². The van der Waals surface area contributed by atoms with Crippen LogP contribution in [0.5, 0.6) is 0 Å². The number of pyridine rings is 2. The molecular formula is C66H83N11S. The topological polar surface area (TPSA) is 130 Å². The second-order valence-corrected chi connectivity index (χ2v) is 27.2. The number of aromatic nitrogens is 10. The Balaban J connectivity index is 0.000000136. The Bertz CT molecular complexity index is 3260. The maximum absolute atomic E-state index is 4.26. The van der Waals surface area contributed by atoms with E-state index in [-0.39, 0.29) is 32.5 Å². The fourth-order valence-corrected chi connectivity index (χ4v) is 9.04. The number of thiazole rings is 1. The number of aliphatic imine (C=N–C) groups is 1. The van der Waals surface area contributed by atoms with Gasteiger partial charge in [-0.05, 0) is 126 Å². The Kier molecular flexibility index (Phi) is 17.5. The Morgan fingerprint density at radius 2 is 1.05 bits per heavy atom. The molecule has 0 unspecified atom stereocenters. The molecule has 78 heavy (non-hydrogen) atoms. The van der Waals surface area contributed by atoms with E-state index in [9.17, 15) is 0 Å². The van der Waals surface area contributed by atoms with Crippen molar-refractivity contribution < 1.29 is 0 Å². The number of nitrogens with one attached hydrogen (secondary N) is 2. The summed E-state index contributed by atoms with van der Waals surface area (Å²) in [7, 11) is 0. The summed E-state index contributed by atoms with van der Waals surface area (Å²) in [6.07, 6.45) is 15.1. The first-order valence-electron chi connectivity index (χ1n) is 27.0. The number of aromatic amines is 2. The molecule has 0 fully saturated rings. The lowest BCUT2D eigenvalue weighted by molar-refractivity contribution is 0.584. The van der Waals surface area contributed by atoms with Crippen LogP contribution in [0.4, 0.5) is 0 Å². The molecular weight excluding hydrogens is 979 g/mol. The number of fused-ring (bicyclic) bond motifs is 6. The maximum atomic E-state index is 4.26. The largest absolute Gasteiger partial charge is 0.345 e. The summed E-state index contributed by atoms with van der Waals surface area (Å²) >= 11 is 1.71. The molecule has 408 valence electrons. The maximum Gasteiger partial charge on any atom is 0.155 e. The van der Waals surface area contributed by atoms with Crippen LogP contribution in [0.3, 0.4) is 0 Å². The molecule has 4 aromatic carbocycles. The first kappa shape index (κ1) is 58.4. The van der Waals surface area contributed by atoms with Crippen LogP contribution < -0.4 is 0 Å². The predicted molar refractivity (Wildman–Crippen MR) is 330 cm³/mol. The quantitative estimate of drug-likeness (QED) is 0.156.